The van der Waals surface area contributed by atoms with E-state index in [0.717, 1.165) is 15.6 Å². The lowest BCUT2D eigenvalue weighted by molar-refractivity contribution is -0.117. The van der Waals surface area contributed by atoms with Crippen LogP contribution in [-0.2, 0) is 9.53 Å². The third kappa shape index (κ3) is 3.65. The van der Waals surface area contributed by atoms with Gasteiger partial charge in [0.2, 0.25) is 5.91 Å². The highest BCUT2D eigenvalue weighted by Crippen LogP contribution is 2.39. The maximum atomic E-state index is 12.6. The van der Waals surface area contributed by atoms with Crippen molar-refractivity contribution in [1.29, 1.82) is 0 Å². The van der Waals surface area contributed by atoms with Crippen LogP contribution in [0.1, 0.15) is 24.1 Å². The fourth-order valence-corrected chi connectivity index (χ4v) is 3.50. The van der Waals surface area contributed by atoms with Crippen molar-refractivity contribution in [2.45, 2.75) is 13.0 Å². The van der Waals surface area contributed by atoms with E-state index in [1.54, 1.807) is 19.1 Å². The van der Waals surface area contributed by atoms with E-state index < -0.39 is 12.1 Å². The number of rotatable bonds is 2. The summed E-state index contributed by atoms with van der Waals surface area (Å²) in [6, 6.07) is 12.3. The first kappa shape index (κ1) is 17.8. The quantitative estimate of drug-likeness (QED) is 0.768. The number of nitrogens with zero attached hydrogens (tertiary/aromatic N) is 1. The summed E-state index contributed by atoms with van der Waals surface area (Å²) in [5, 5.41) is 3.36. The molecule has 0 aliphatic carbocycles. The van der Waals surface area contributed by atoms with Crippen LogP contribution in [0.3, 0.4) is 0 Å². The van der Waals surface area contributed by atoms with E-state index in [4.69, 9.17) is 16.3 Å². The minimum absolute atomic E-state index is 0.124. The van der Waals surface area contributed by atoms with Crippen LogP contribution in [0.2, 0.25) is 5.02 Å². The molecule has 1 atom stereocenters. The summed E-state index contributed by atoms with van der Waals surface area (Å²) in [6.07, 6.45) is -0.560. The van der Waals surface area contributed by atoms with Crippen LogP contribution in [-0.4, -0.2) is 30.1 Å². The molecule has 1 N–H and O–H groups in total. The molecule has 1 heterocycles. The molecule has 0 aromatic heterocycles. The lowest BCUT2D eigenvalue weighted by Crippen LogP contribution is -2.39. The molecular formula is C18H16BrClN2O3. The first-order valence-corrected chi connectivity index (χ1v) is 8.95. The van der Waals surface area contributed by atoms with Crippen LogP contribution in [0, 0.1) is 0 Å². The SMILES string of the molecule is CCOC(=O)N1CC(=O)Nc2ccc(Br)cc2C1c1ccccc1Cl. The predicted molar refractivity (Wildman–Crippen MR) is 99.8 cm³/mol. The second-order valence-corrected chi connectivity index (χ2v) is 6.85. The normalized spacial score (nSPS) is 16.7. The monoisotopic (exact) mass is 422 g/mol. The van der Waals surface area contributed by atoms with Gasteiger partial charge in [0, 0.05) is 20.7 Å². The first-order chi connectivity index (χ1) is 12.0. The van der Waals surface area contributed by atoms with E-state index in [0.29, 0.717) is 10.7 Å². The number of ether oxygens (including phenoxy) is 1. The molecule has 3 rings (SSSR count). The molecule has 2 aromatic rings. The molecule has 1 unspecified atom stereocenters. The van der Waals surface area contributed by atoms with Crippen molar-refractivity contribution in [1.82, 2.24) is 4.90 Å². The fourth-order valence-electron chi connectivity index (χ4n) is 2.89. The molecule has 25 heavy (non-hydrogen) atoms. The minimum Gasteiger partial charge on any atom is -0.450 e. The molecule has 2 aromatic carbocycles. The third-order valence-corrected chi connectivity index (χ3v) is 4.75. The van der Waals surface area contributed by atoms with Crippen LogP contribution in [0.5, 0.6) is 0 Å². The fraction of sp³-hybridized carbons (Fsp3) is 0.222. The van der Waals surface area contributed by atoms with Gasteiger partial charge in [-0.2, -0.15) is 0 Å². The Hall–Kier alpha value is -2.05. The standard InChI is InChI=1S/C18H16BrClN2O3/c1-2-25-18(24)22-10-16(23)21-15-8-7-11(19)9-13(15)17(22)12-5-3-4-6-14(12)20/h3-9,17H,2,10H2,1H3,(H,21,23). The molecule has 1 aliphatic rings. The van der Waals surface area contributed by atoms with Gasteiger partial charge in [0.1, 0.15) is 6.54 Å². The maximum absolute atomic E-state index is 12.6. The zero-order valence-corrected chi connectivity index (χ0v) is 15.8. The predicted octanol–water partition coefficient (Wildman–Crippen LogP) is 4.60. The Morgan fingerprint density at radius 3 is 2.80 bits per heavy atom. The summed E-state index contributed by atoms with van der Waals surface area (Å²) >= 11 is 9.86. The zero-order chi connectivity index (χ0) is 18.0. The van der Waals surface area contributed by atoms with Crippen LogP contribution in [0.15, 0.2) is 46.9 Å². The molecule has 0 radical (unpaired) electrons. The molecule has 0 saturated heterocycles. The van der Waals surface area contributed by atoms with Crippen molar-refractivity contribution in [2.24, 2.45) is 0 Å². The number of nitrogens with one attached hydrogen (secondary N) is 1. The molecule has 7 heteroatoms. The van der Waals surface area contributed by atoms with Gasteiger partial charge >= 0.3 is 6.09 Å². The summed E-state index contributed by atoms with van der Waals surface area (Å²) in [5.41, 5.74) is 2.14. The second kappa shape index (κ2) is 7.45. The van der Waals surface area contributed by atoms with Gasteiger partial charge in [0.05, 0.1) is 12.6 Å². The molecule has 1 aliphatic heterocycles. The zero-order valence-electron chi connectivity index (χ0n) is 13.5. The van der Waals surface area contributed by atoms with E-state index in [9.17, 15) is 9.59 Å². The minimum atomic E-state index is -0.560. The lowest BCUT2D eigenvalue weighted by atomic mass is 9.96. The van der Waals surface area contributed by atoms with E-state index in [1.165, 1.54) is 4.90 Å². The number of anilines is 1. The first-order valence-electron chi connectivity index (χ1n) is 7.78. The Bertz CT molecular complexity index is 828. The number of carbonyl (C=O) groups excluding carboxylic acids is 2. The molecule has 0 spiro atoms. The topological polar surface area (TPSA) is 58.6 Å². The average molecular weight is 424 g/mol. The molecule has 2 amide bonds. The van der Waals surface area contributed by atoms with Gasteiger partial charge in [0.25, 0.3) is 0 Å². The second-order valence-electron chi connectivity index (χ2n) is 5.53. The van der Waals surface area contributed by atoms with Gasteiger partial charge < -0.3 is 10.1 Å². The van der Waals surface area contributed by atoms with E-state index in [2.05, 4.69) is 21.2 Å². The molecule has 0 bridgehead atoms. The van der Waals surface area contributed by atoms with Gasteiger partial charge in [-0.1, -0.05) is 45.7 Å². The highest BCUT2D eigenvalue weighted by Gasteiger charge is 2.35. The van der Waals surface area contributed by atoms with Crippen molar-refractivity contribution >= 4 is 45.2 Å². The van der Waals surface area contributed by atoms with Crippen molar-refractivity contribution in [3.05, 3.63) is 63.1 Å². The summed E-state index contributed by atoms with van der Waals surface area (Å²) in [5.74, 6) is -0.286. The van der Waals surface area contributed by atoms with E-state index >= 15 is 0 Å². The largest absolute Gasteiger partial charge is 0.450 e. The van der Waals surface area contributed by atoms with Gasteiger partial charge in [0.15, 0.2) is 0 Å². The van der Waals surface area contributed by atoms with Crippen molar-refractivity contribution in [2.75, 3.05) is 18.5 Å². The Morgan fingerprint density at radius 2 is 2.08 bits per heavy atom. The van der Waals surface area contributed by atoms with Gasteiger partial charge in [-0.15, -0.1) is 0 Å². The Morgan fingerprint density at radius 1 is 1.32 bits per heavy atom. The highest BCUT2D eigenvalue weighted by molar-refractivity contribution is 9.10. The number of benzene rings is 2. The van der Waals surface area contributed by atoms with Crippen LogP contribution in [0.4, 0.5) is 10.5 Å². The van der Waals surface area contributed by atoms with Gasteiger partial charge in [-0.25, -0.2) is 4.79 Å². The van der Waals surface area contributed by atoms with Crippen molar-refractivity contribution < 1.29 is 14.3 Å². The average Bonchev–Trinajstić information content (AvgIpc) is 2.71. The van der Waals surface area contributed by atoms with E-state index in [1.807, 2.05) is 30.3 Å². The maximum Gasteiger partial charge on any atom is 0.411 e. The molecule has 0 fully saturated rings. The van der Waals surface area contributed by atoms with Crippen molar-refractivity contribution in [3.8, 4) is 0 Å². The van der Waals surface area contributed by atoms with Gasteiger partial charge in [-0.3, -0.25) is 9.69 Å². The molecular weight excluding hydrogens is 408 g/mol. The summed E-state index contributed by atoms with van der Waals surface area (Å²) in [7, 11) is 0. The third-order valence-electron chi connectivity index (χ3n) is 3.91. The van der Waals surface area contributed by atoms with Gasteiger partial charge in [-0.05, 0) is 36.8 Å². The number of halogens is 2. The van der Waals surface area contributed by atoms with Crippen LogP contribution >= 0.6 is 27.5 Å². The summed E-state index contributed by atoms with van der Waals surface area (Å²) in [6.45, 7) is 1.82. The van der Waals surface area contributed by atoms with E-state index in [-0.39, 0.29) is 19.1 Å². The Labute approximate surface area is 159 Å². The lowest BCUT2D eigenvalue weighted by Gasteiger charge is -2.30. The highest BCUT2D eigenvalue weighted by atomic mass is 79.9. The van der Waals surface area contributed by atoms with Crippen LogP contribution < -0.4 is 5.32 Å². The molecule has 5 nitrogen and oxygen atoms in total. The summed E-state index contributed by atoms with van der Waals surface area (Å²) in [4.78, 5) is 26.3. The van der Waals surface area contributed by atoms with Crippen molar-refractivity contribution in [3.63, 3.8) is 0 Å². The molecule has 0 saturated carbocycles. The number of hydrogen-bond donors (Lipinski definition) is 1. The van der Waals surface area contributed by atoms with Crippen LogP contribution in [0.25, 0.3) is 0 Å². The Kier molecular flexibility index (Phi) is 5.30. The number of amides is 2. The number of hydrogen-bond acceptors (Lipinski definition) is 3. The molecule has 130 valence electrons. The summed E-state index contributed by atoms with van der Waals surface area (Å²) < 4.78 is 6.01. The number of carbonyl (C=O) groups is 2. The Balaban J connectivity index is 2.22. The number of fused-ring (bicyclic) bond motifs is 1. The smallest absolute Gasteiger partial charge is 0.411 e.